The molecule has 6 aliphatic rings. The first-order valence-corrected chi connectivity index (χ1v) is 29.4. The van der Waals surface area contributed by atoms with E-state index in [9.17, 15) is 0 Å². The van der Waals surface area contributed by atoms with Gasteiger partial charge in [-0.25, -0.2) is 0 Å². The Morgan fingerprint density at radius 1 is 0.373 bits per heavy atom. The van der Waals surface area contributed by atoms with Gasteiger partial charge in [0.2, 0.25) is 0 Å². The summed E-state index contributed by atoms with van der Waals surface area (Å²) in [5, 5.41) is 0. The van der Waals surface area contributed by atoms with Gasteiger partial charge in [-0.05, 0) is 253 Å². The minimum absolute atomic E-state index is 0.791. The fourth-order valence-electron chi connectivity index (χ4n) is 15.0. The molecule has 0 bridgehead atoms. The van der Waals surface area contributed by atoms with Crippen molar-refractivity contribution in [3.63, 3.8) is 0 Å². The molecule has 0 aromatic heterocycles. The van der Waals surface area contributed by atoms with Crippen molar-refractivity contribution in [3.05, 3.63) is 120 Å². The van der Waals surface area contributed by atoms with Crippen LogP contribution >= 0.6 is 0 Å². The maximum atomic E-state index is 4.00. The minimum atomic E-state index is 0.791. The van der Waals surface area contributed by atoms with Gasteiger partial charge in [-0.1, -0.05) is 150 Å². The predicted octanol–water partition coefficient (Wildman–Crippen LogP) is 20.6. The van der Waals surface area contributed by atoms with E-state index < -0.39 is 0 Å². The quantitative estimate of drug-likeness (QED) is 0.150. The Kier molecular flexibility index (Phi) is 21.3. The lowest BCUT2D eigenvalue weighted by atomic mass is 9.65. The average Bonchev–Trinajstić information content (AvgIpc) is 3.40. The molecule has 0 spiro atoms. The van der Waals surface area contributed by atoms with Crippen molar-refractivity contribution >= 4 is 0 Å². The Bertz CT molecular complexity index is 1780. The highest BCUT2D eigenvalue weighted by Crippen LogP contribution is 2.47. The van der Waals surface area contributed by atoms with E-state index in [-0.39, 0.29) is 0 Å². The van der Waals surface area contributed by atoms with Crippen molar-refractivity contribution in [2.24, 2.45) is 59.2 Å². The van der Waals surface area contributed by atoms with Crippen LogP contribution in [0.2, 0.25) is 0 Å². The van der Waals surface area contributed by atoms with Crippen LogP contribution in [0.1, 0.15) is 235 Å². The van der Waals surface area contributed by atoms with E-state index in [1.807, 2.05) is 0 Å². The van der Waals surface area contributed by atoms with Gasteiger partial charge in [-0.3, -0.25) is 0 Å². The standard InChI is InChI=1S/C23H40.C23H30.C21H30/c2*1-3-5-19-8-12-21(13-9-19)23-16-14-22(15-17-23)20-10-6-18(4-2)7-11-20;1-3-17-6-10-19(11-7-17)21-14-12-20(13-15-21)18-8-4-16(2)5-9-18/h4,18-23H,2-3,5-17H2,1H3;6-7,10-11,14-17,19,21H,3-5,8-9,12-13H2,1-2H3;3-5,8-9,17,19-21H,1,6-7,10-15H2,2H3. The molecule has 0 unspecified atom stereocenters. The Morgan fingerprint density at radius 3 is 1.03 bits per heavy atom. The third-order valence-electron chi connectivity index (χ3n) is 19.6. The Balaban J connectivity index is 0.000000149. The van der Waals surface area contributed by atoms with Crippen LogP contribution in [0.25, 0.3) is 11.1 Å². The minimum Gasteiger partial charge on any atom is -0.103 e. The summed E-state index contributed by atoms with van der Waals surface area (Å²) in [6, 6.07) is 27.6. The van der Waals surface area contributed by atoms with Gasteiger partial charge in [0.15, 0.2) is 0 Å². The lowest BCUT2D eigenvalue weighted by Crippen LogP contribution is -2.29. The van der Waals surface area contributed by atoms with E-state index in [0.29, 0.717) is 0 Å². The summed E-state index contributed by atoms with van der Waals surface area (Å²) < 4.78 is 0. The van der Waals surface area contributed by atoms with Crippen LogP contribution in [0, 0.1) is 66.1 Å². The molecule has 0 amide bonds. The van der Waals surface area contributed by atoms with Crippen LogP contribution in [0.5, 0.6) is 0 Å². The molecule has 0 radical (unpaired) electrons. The van der Waals surface area contributed by atoms with Crippen LogP contribution in [-0.2, 0) is 6.42 Å². The van der Waals surface area contributed by atoms with Gasteiger partial charge in [-0.15, -0.1) is 13.2 Å². The number of allylic oxidation sites excluding steroid dienone is 2. The normalized spacial score (nSPS) is 32.4. The summed E-state index contributed by atoms with van der Waals surface area (Å²) in [5.74, 6) is 11.7. The van der Waals surface area contributed by atoms with Crippen molar-refractivity contribution in [1.82, 2.24) is 0 Å². The molecular formula is C67H100. The van der Waals surface area contributed by atoms with Crippen molar-refractivity contribution in [2.45, 2.75) is 226 Å². The van der Waals surface area contributed by atoms with Crippen LogP contribution in [0.3, 0.4) is 0 Å². The lowest BCUT2D eigenvalue weighted by Gasteiger charge is -2.41. The zero-order chi connectivity index (χ0) is 46.8. The van der Waals surface area contributed by atoms with E-state index in [2.05, 4.69) is 126 Å². The number of hydrogen-bond donors (Lipinski definition) is 0. The van der Waals surface area contributed by atoms with Gasteiger partial charge in [0.05, 0.1) is 0 Å². The van der Waals surface area contributed by atoms with Crippen molar-refractivity contribution in [3.8, 4) is 11.1 Å². The number of rotatable bonds is 13. The van der Waals surface area contributed by atoms with E-state index in [1.165, 1.54) is 151 Å². The van der Waals surface area contributed by atoms with Gasteiger partial charge in [-0.2, -0.15) is 0 Å². The first-order chi connectivity index (χ1) is 32.9. The molecule has 3 aromatic carbocycles. The average molecular weight is 906 g/mol. The molecule has 6 saturated carbocycles. The second-order valence-corrected chi connectivity index (χ2v) is 23.8. The molecule has 0 saturated heterocycles. The molecule has 0 heterocycles. The van der Waals surface area contributed by atoms with E-state index in [1.54, 1.807) is 62.5 Å². The zero-order valence-electron chi connectivity index (χ0n) is 43.9. The van der Waals surface area contributed by atoms with Crippen LogP contribution in [0.15, 0.2) is 98.1 Å². The predicted molar refractivity (Wildman–Crippen MR) is 294 cm³/mol. The molecule has 368 valence electrons. The smallest absolute Gasteiger partial charge is 0.0162 e. The van der Waals surface area contributed by atoms with Crippen LogP contribution in [0.4, 0.5) is 0 Å². The first-order valence-electron chi connectivity index (χ1n) is 29.4. The topological polar surface area (TPSA) is 0 Å². The van der Waals surface area contributed by atoms with Gasteiger partial charge in [0.1, 0.15) is 0 Å². The van der Waals surface area contributed by atoms with Crippen molar-refractivity contribution in [1.29, 1.82) is 0 Å². The summed E-state index contributed by atoms with van der Waals surface area (Å²) in [6.45, 7) is 17.0. The molecule has 67 heavy (non-hydrogen) atoms. The molecule has 0 atom stereocenters. The highest BCUT2D eigenvalue weighted by atomic mass is 14.4. The fraction of sp³-hybridized carbons (Fsp3) is 0.672. The second-order valence-electron chi connectivity index (χ2n) is 23.8. The molecule has 0 heteroatoms. The maximum absolute atomic E-state index is 4.00. The fourth-order valence-corrected chi connectivity index (χ4v) is 15.0. The summed E-state index contributed by atoms with van der Waals surface area (Å²) in [6.07, 6.45) is 46.5. The SMILES string of the molecule is C=CC1CCC(C2CCC(C3CCC(CCC)CC3)CC2)CC1.C=CC1CCC(C2CCC(c3ccc(C)cc3)CC2)CC1.CCCC1CCC(c2ccc(-c3ccc(CC)cc3)cc2)CC1. The van der Waals surface area contributed by atoms with Crippen LogP contribution in [-0.4, -0.2) is 0 Å². The van der Waals surface area contributed by atoms with Gasteiger partial charge in [0.25, 0.3) is 0 Å². The molecule has 6 aliphatic carbocycles. The molecule has 9 rings (SSSR count). The second kappa shape index (κ2) is 27.5. The van der Waals surface area contributed by atoms with Gasteiger partial charge < -0.3 is 0 Å². The Hall–Kier alpha value is -2.86. The molecular weight excluding hydrogens is 805 g/mol. The Morgan fingerprint density at radius 2 is 0.672 bits per heavy atom. The van der Waals surface area contributed by atoms with Crippen LogP contribution < -0.4 is 0 Å². The number of aryl methyl sites for hydroxylation is 2. The monoisotopic (exact) mass is 905 g/mol. The summed E-state index contributed by atoms with van der Waals surface area (Å²) in [4.78, 5) is 0. The molecule has 0 aliphatic heterocycles. The first kappa shape index (κ1) is 52.0. The maximum Gasteiger partial charge on any atom is -0.0162 e. The third-order valence-corrected chi connectivity index (χ3v) is 19.6. The Labute approximate surface area is 414 Å². The molecule has 0 nitrogen and oxygen atoms in total. The van der Waals surface area contributed by atoms with E-state index >= 15 is 0 Å². The van der Waals surface area contributed by atoms with Crippen molar-refractivity contribution < 1.29 is 0 Å². The van der Waals surface area contributed by atoms with E-state index in [4.69, 9.17) is 0 Å². The number of benzene rings is 3. The molecule has 6 fully saturated rings. The summed E-state index contributed by atoms with van der Waals surface area (Å²) >= 11 is 0. The zero-order valence-corrected chi connectivity index (χ0v) is 43.9. The summed E-state index contributed by atoms with van der Waals surface area (Å²) in [5.41, 5.74) is 8.60. The largest absolute Gasteiger partial charge is 0.103 e. The highest BCUT2D eigenvalue weighted by molar-refractivity contribution is 5.64. The van der Waals surface area contributed by atoms with Gasteiger partial charge >= 0.3 is 0 Å². The summed E-state index contributed by atoms with van der Waals surface area (Å²) in [7, 11) is 0. The molecule has 0 N–H and O–H groups in total. The van der Waals surface area contributed by atoms with E-state index in [0.717, 1.165) is 77.4 Å². The molecule has 3 aromatic rings. The third kappa shape index (κ3) is 15.6. The van der Waals surface area contributed by atoms with Gasteiger partial charge in [0, 0.05) is 0 Å². The highest BCUT2D eigenvalue weighted by Gasteiger charge is 2.35. The number of hydrogen-bond acceptors (Lipinski definition) is 0. The lowest BCUT2D eigenvalue weighted by molar-refractivity contribution is 0.107. The van der Waals surface area contributed by atoms with Crippen molar-refractivity contribution in [2.75, 3.05) is 0 Å².